The Morgan fingerprint density at radius 1 is 1.38 bits per heavy atom. The van der Waals surface area contributed by atoms with E-state index in [4.69, 9.17) is 14.2 Å². The number of epoxide rings is 1. The number of ether oxygens (including phenoxy) is 3. The first-order valence-corrected chi connectivity index (χ1v) is 4.68. The van der Waals surface area contributed by atoms with Crippen molar-refractivity contribution in [3.05, 3.63) is 0 Å². The van der Waals surface area contributed by atoms with Gasteiger partial charge < -0.3 is 19.0 Å². The van der Waals surface area contributed by atoms with Crippen LogP contribution >= 0.6 is 0 Å². The van der Waals surface area contributed by atoms with Crippen LogP contribution in [0.5, 0.6) is 0 Å². The SMILES string of the molecule is O=CC1(CCC2OCCCO2)CO1. The average Bonchev–Trinajstić information content (AvgIpc) is 2.97. The number of carbonyl (C=O) groups is 1. The van der Waals surface area contributed by atoms with Gasteiger partial charge >= 0.3 is 0 Å². The maximum absolute atomic E-state index is 10.6. The van der Waals surface area contributed by atoms with E-state index >= 15 is 0 Å². The molecule has 74 valence electrons. The van der Waals surface area contributed by atoms with Crippen LogP contribution in [0.15, 0.2) is 0 Å². The van der Waals surface area contributed by atoms with Gasteiger partial charge in [-0.05, 0) is 12.8 Å². The normalized spacial score (nSPS) is 34.5. The van der Waals surface area contributed by atoms with Gasteiger partial charge in [0.15, 0.2) is 12.6 Å². The molecule has 0 saturated carbocycles. The molecule has 4 heteroatoms. The molecular formula is C9H14O4. The zero-order valence-electron chi connectivity index (χ0n) is 7.53. The molecule has 0 aromatic carbocycles. The largest absolute Gasteiger partial charge is 0.362 e. The predicted molar refractivity (Wildman–Crippen MR) is 44.3 cm³/mol. The number of aldehydes is 1. The lowest BCUT2D eigenvalue weighted by atomic mass is 10.1. The van der Waals surface area contributed by atoms with E-state index < -0.39 is 5.60 Å². The monoisotopic (exact) mass is 186 g/mol. The Balaban J connectivity index is 1.69. The maximum atomic E-state index is 10.6. The van der Waals surface area contributed by atoms with Crippen molar-refractivity contribution in [3.63, 3.8) is 0 Å². The predicted octanol–water partition coefficient (Wildman–Crippen LogP) is 0.498. The summed E-state index contributed by atoms with van der Waals surface area (Å²) < 4.78 is 15.8. The van der Waals surface area contributed by atoms with Crippen molar-refractivity contribution in [3.8, 4) is 0 Å². The van der Waals surface area contributed by atoms with Crippen LogP contribution < -0.4 is 0 Å². The van der Waals surface area contributed by atoms with Crippen molar-refractivity contribution in [2.45, 2.75) is 31.2 Å². The van der Waals surface area contributed by atoms with E-state index in [9.17, 15) is 4.79 Å². The lowest BCUT2D eigenvalue weighted by molar-refractivity contribution is -0.182. The molecule has 1 atom stereocenters. The second kappa shape index (κ2) is 3.74. The number of rotatable bonds is 4. The zero-order valence-corrected chi connectivity index (χ0v) is 7.53. The Morgan fingerprint density at radius 3 is 2.62 bits per heavy atom. The third-order valence-electron chi connectivity index (χ3n) is 2.43. The minimum atomic E-state index is -0.496. The molecule has 0 radical (unpaired) electrons. The van der Waals surface area contributed by atoms with Crippen LogP contribution in [0.25, 0.3) is 0 Å². The standard InChI is InChI=1S/C9H14O4/c10-6-9(7-13-9)3-2-8-11-4-1-5-12-8/h6,8H,1-5,7H2. The van der Waals surface area contributed by atoms with Gasteiger partial charge in [-0.3, -0.25) is 0 Å². The second-order valence-electron chi connectivity index (χ2n) is 3.53. The number of carbonyl (C=O) groups excluding carboxylic acids is 1. The molecule has 0 aromatic rings. The summed E-state index contributed by atoms with van der Waals surface area (Å²) in [5, 5.41) is 0. The van der Waals surface area contributed by atoms with Gasteiger partial charge in [-0.1, -0.05) is 0 Å². The Labute approximate surface area is 77.1 Å². The third-order valence-corrected chi connectivity index (χ3v) is 2.43. The van der Waals surface area contributed by atoms with Gasteiger partial charge in [-0.15, -0.1) is 0 Å². The van der Waals surface area contributed by atoms with Crippen molar-refractivity contribution < 1.29 is 19.0 Å². The highest BCUT2D eigenvalue weighted by Crippen LogP contribution is 2.31. The van der Waals surface area contributed by atoms with Gasteiger partial charge in [-0.2, -0.15) is 0 Å². The van der Waals surface area contributed by atoms with E-state index in [2.05, 4.69) is 0 Å². The molecule has 2 rings (SSSR count). The summed E-state index contributed by atoms with van der Waals surface area (Å²) in [7, 11) is 0. The van der Waals surface area contributed by atoms with E-state index in [0.29, 0.717) is 13.0 Å². The highest BCUT2D eigenvalue weighted by atomic mass is 16.7. The topological polar surface area (TPSA) is 48.1 Å². The first-order chi connectivity index (χ1) is 6.35. The molecule has 0 spiro atoms. The van der Waals surface area contributed by atoms with Crippen molar-refractivity contribution in [2.24, 2.45) is 0 Å². The molecule has 0 aliphatic carbocycles. The van der Waals surface area contributed by atoms with Crippen LogP contribution in [-0.2, 0) is 19.0 Å². The molecule has 4 nitrogen and oxygen atoms in total. The lowest BCUT2D eigenvalue weighted by Crippen LogP contribution is -2.27. The summed E-state index contributed by atoms with van der Waals surface area (Å²) in [5.74, 6) is 0. The summed E-state index contributed by atoms with van der Waals surface area (Å²) in [6.07, 6.45) is 3.18. The van der Waals surface area contributed by atoms with E-state index in [1.807, 2.05) is 0 Å². The highest BCUT2D eigenvalue weighted by molar-refractivity contribution is 5.66. The summed E-state index contributed by atoms with van der Waals surface area (Å²) in [6.45, 7) is 2.09. The summed E-state index contributed by atoms with van der Waals surface area (Å²) in [5.41, 5.74) is -0.496. The number of hydrogen-bond acceptors (Lipinski definition) is 4. The average molecular weight is 186 g/mol. The van der Waals surface area contributed by atoms with E-state index in [1.54, 1.807) is 0 Å². The molecule has 0 N–H and O–H groups in total. The van der Waals surface area contributed by atoms with Crippen molar-refractivity contribution in [1.29, 1.82) is 0 Å². The summed E-state index contributed by atoms with van der Waals surface area (Å²) >= 11 is 0. The minimum absolute atomic E-state index is 0.130. The second-order valence-corrected chi connectivity index (χ2v) is 3.53. The highest BCUT2D eigenvalue weighted by Gasteiger charge is 2.44. The Bertz CT molecular complexity index is 182. The molecule has 2 heterocycles. The van der Waals surface area contributed by atoms with Crippen LogP contribution in [-0.4, -0.2) is 38.0 Å². The van der Waals surface area contributed by atoms with Crippen molar-refractivity contribution >= 4 is 6.29 Å². The molecule has 0 amide bonds. The molecule has 2 fully saturated rings. The Kier molecular flexibility index (Phi) is 2.62. The fraction of sp³-hybridized carbons (Fsp3) is 0.889. The molecule has 2 aliphatic rings. The maximum Gasteiger partial charge on any atom is 0.157 e. The van der Waals surface area contributed by atoms with Crippen molar-refractivity contribution in [2.75, 3.05) is 19.8 Å². The first kappa shape index (κ1) is 9.12. The van der Waals surface area contributed by atoms with Gasteiger partial charge in [0.25, 0.3) is 0 Å². The summed E-state index contributed by atoms with van der Waals surface area (Å²) in [6, 6.07) is 0. The molecular weight excluding hydrogens is 172 g/mol. The Morgan fingerprint density at radius 2 is 2.08 bits per heavy atom. The summed E-state index contributed by atoms with van der Waals surface area (Å²) in [4.78, 5) is 10.6. The van der Waals surface area contributed by atoms with E-state index in [0.717, 1.165) is 32.3 Å². The quantitative estimate of drug-likeness (QED) is 0.473. The van der Waals surface area contributed by atoms with Gasteiger partial charge in [0.05, 0.1) is 19.8 Å². The lowest BCUT2D eigenvalue weighted by Gasteiger charge is -2.23. The van der Waals surface area contributed by atoms with Crippen LogP contribution in [0.4, 0.5) is 0 Å². The smallest absolute Gasteiger partial charge is 0.157 e. The number of hydrogen-bond donors (Lipinski definition) is 0. The first-order valence-electron chi connectivity index (χ1n) is 4.68. The van der Waals surface area contributed by atoms with Crippen molar-refractivity contribution in [1.82, 2.24) is 0 Å². The van der Waals surface area contributed by atoms with Crippen LogP contribution in [0.3, 0.4) is 0 Å². The Hall–Kier alpha value is -0.450. The van der Waals surface area contributed by atoms with Gasteiger partial charge in [0, 0.05) is 6.42 Å². The van der Waals surface area contributed by atoms with Gasteiger partial charge in [0.2, 0.25) is 0 Å². The minimum Gasteiger partial charge on any atom is -0.362 e. The fourth-order valence-corrected chi connectivity index (χ4v) is 1.43. The molecule has 0 aromatic heterocycles. The van der Waals surface area contributed by atoms with Gasteiger partial charge in [0.1, 0.15) is 5.60 Å². The van der Waals surface area contributed by atoms with Crippen LogP contribution in [0, 0.1) is 0 Å². The zero-order chi connectivity index (χ0) is 9.15. The van der Waals surface area contributed by atoms with E-state index in [1.165, 1.54) is 0 Å². The molecule has 0 bridgehead atoms. The molecule has 1 unspecified atom stereocenters. The van der Waals surface area contributed by atoms with Crippen LogP contribution in [0.1, 0.15) is 19.3 Å². The third kappa shape index (κ3) is 2.27. The molecule has 13 heavy (non-hydrogen) atoms. The van der Waals surface area contributed by atoms with Gasteiger partial charge in [-0.25, -0.2) is 0 Å². The molecule has 2 aliphatic heterocycles. The van der Waals surface area contributed by atoms with E-state index in [-0.39, 0.29) is 6.29 Å². The van der Waals surface area contributed by atoms with Crippen LogP contribution in [0.2, 0.25) is 0 Å². The molecule has 2 saturated heterocycles. The fourth-order valence-electron chi connectivity index (χ4n) is 1.43.